The minimum Gasteiger partial charge on any atom is -0.353 e. The molecule has 1 fully saturated rings. The van der Waals surface area contributed by atoms with Gasteiger partial charge in [-0.3, -0.25) is 13.2 Å². The van der Waals surface area contributed by atoms with Crippen molar-refractivity contribution in [3.8, 4) is 0 Å². The van der Waals surface area contributed by atoms with Crippen LogP contribution >= 0.6 is 0 Å². The molecule has 1 aliphatic rings. The first-order valence-electron chi connectivity index (χ1n) is 7.77. The van der Waals surface area contributed by atoms with Crippen molar-refractivity contribution in [3.63, 3.8) is 0 Å². The third kappa shape index (κ3) is 6.52. The van der Waals surface area contributed by atoms with Crippen LogP contribution in [0.25, 0.3) is 0 Å². The summed E-state index contributed by atoms with van der Waals surface area (Å²) in [6, 6.07) is 7.17. The van der Waals surface area contributed by atoms with Crippen LogP contribution in [0.1, 0.15) is 10.4 Å². The van der Waals surface area contributed by atoms with Gasteiger partial charge in [-0.25, -0.2) is 0 Å². The van der Waals surface area contributed by atoms with Crippen molar-refractivity contribution >= 4 is 26.1 Å². The summed E-state index contributed by atoms with van der Waals surface area (Å²) in [6.45, 7) is -0.180. The zero-order chi connectivity index (χ0) is 20.2. The summed E-state index contributed by atoms with van der Waals surface area (Å²) >= 11 is 0. The minimum absolute atomic E-state index is 0.180. The lowest BCUT2D eigenvalue weighted by molar-refractivity contribution is -0.226. The standard InChI is InChI=1S/C15H21NO9S2/c1-22-15-13(25-27(3,20)21)12(24-26(2,18)19)11(9-23-15)16-14(17)10-7-5-4-6-8-10/h4-8,11-13,15H,9H2,1-3H3,(H,16,17). The highest BCUT2D eigenvalue weighted by Crippen LogP contribution is 2.25. The lowest BCUT2D eigenvalue weighted by atomic mass is 10.0. The Morgan fingerprint density at radius 2 is 1.59 bits per heavy atom. The Morgan fingerprint density at radius 1 is 1.04 bits per heavy atom. The normalized spacial score (nSPS) is 26.5. The van der Waals surface area contributed by atoms with E-state index in [2.05, 4.69) is 5.32 Å². The van der Waals surface area contributed by atoms with Gasteiger partial charge in [0.05, 0.1) is 25.2 Å². The summed E-state index contributed by atoms with van der Waals surface area (Å²) in [6.07, 6.45) is -2.45. The molecule has 1 N–H and O–H groups in total. The molecule has 1 heterocycles. The van der Waals surface area contributed by atoms with Gasteiger partial charge in [0.2, 0.25) is 0 Å². The zero-order valence-electron chi connectivity index (χ0n) is 14.9. The molecule has 1 amide bonds. The number of nitrogens with one attached hydrogen (secondary N) is 1. The first kappa shape index (κ1) is 21.7. The van der Waals surface area contributed by atoms with Crippen LogP contribution in [0.4, 0.5) is 0 Å². The molecule has 12 heteroatoms. The number of methoxy groups -OCH3 is 1. The lowest BCUT2D eigenvalue weighted by Crippen LogP contribution is -2.62. The number of hydrogen-bond donors (Lipinski definition) is 1. The number of rotatable bonds is 7. The molecular weight excluding hydrogens is 402 g/mol. The first-order chi connectivity index (χ1) is 12.5. The van der Waals surface area contributed by atoms with E-state index in [0.717, 1.165) is 12.5 Å². The Labute approximate surface area is 158 Å². The fraction of sp³-hybridized carbons (Fsp3) is 0.533. The van der Waals surface area contributed by atoms with Crippen LogP contribution < -0.4 is 5.32 Å². The maximum absolute atomic E-state index is 12.4. The molecule has 0 saturated carbocycles. The third-order valence-corrected chi connectivity index (χ3v) is 4.73. The van der Waals surface area contributed by atoms with Crippen LogP contribution in [0.15, 0.2) is 30.3 Å². The molecule has 0 bridgehead atoms. The van der Waals surface area contributed by atoms with Crippen LogP contribution in [0.2, 0.25) is 0 Å². The molecular formula is C15H21NO9S2. The van der Waals surface area contributed by atoms with Crippen molar-refractivity contribution in [2.75, 3.05) is 26.2 Å². The van der Waals surface area contributed by atoms with Crippen molar-refractivity contribution < 1.29 is 39.5 Å². The van der Waals surface area contributed by atoms with Gasteiger partial charge in [-0.2, -0.15) is 16.8 Å². The second-order valence-corrected chi connectivity index (χ2v) is 9.11. The predicted molar refractivity (Wildman–Crippen MR) is 93.9 cm³/mol. The van der Waals surface area contributed by atoms with Crippen molar-refractivity contribution in [1.29, 1.82) is 0 Å². The second-order valence-electron chi connectivity index (χ2n) is 5.91. The zero-order valence-corrected chi connectivity index (χ0v) is 16.5. The van der Waals surface area contributed by atoms with E-state index in [9.17, 15) is 21.6 Å². The fourth-order valence-corrected chi connectivity index (χ4v) is 3.82. The van der Waals surface area contributed by atoms with Crippen LogP contribution in [-0.4, -0.2) is 73.5 Å². The van der Waals surface area contributed by atoms with Gasteiger partial charge in [0.1, 0.15) is 6.10 Å². The van der Waals surface area contributed by atoms with E-state index in [1.165, 1.54) is 7.11 Å². The van der Waals surface area contributed by atoms with Gasteiger partial charge < -0.3 is 14.8 Å². The fourth-order valence-electron chi connectivity index (χ4n) is 2.56. The topological polar surface area (TPSA) is 134 Å². The van der Waals surface area contributed by atoms with E-state index in [1.54, 1.807) is 30.3 Å². The Morgan fingerprint density at radius 3 is 2.11 bits per heavy atom. The van der Waals surface area contributed by atoms with Crippen LogP contribution in [0, 0.1) is 0 Å². The van der Waals surface area contributed by atoms with Crippen LogP contribution in [0.5, 0.6) is 0 Å². The lowest BCUT2D eigenvalue weighted by Gasteiger charge is -2.40. The van der Waals surface area contributed by atoms with Crippen molar-refractivity contribution in [2.45, 2.75) is 24.5 Å². The Kier molecular flexibility index (Phi) is 6.94. The van der Waals surface area contributed by atoms with Gasteiger partial charge in [-0.15, -0.1) is 0 Å². The van der Waals surface area contributed by atoms with Gasteiger partial charge >= 0.3 is 0 Å². The summed E-state index contributed by atoms with van der Waals surface area (Å²) in [5, 5.41) is 2.58. The molecule has 0 radical (unpaired) electrons. The number of amides is 1. The summed E-state index contributed by atoms with van der Waals surface area (Å²) in [4.78, 5) is 12.4. The number of benzene rings is 1. The van der Waals surface area contributed by atoms with E-state index >= 15 is 0 Å². The van der Waals surface area contributed by atoms with Crippen molar-refractivity contribution in [1.82, 2.24) is 5.32 Å². The Balaban J connectivity index is 2.32. The molecule has 27 heavy (non-hydrogen) atoms. The number of ether oxygens (including phenoxy) is 2. The molecule has 2 rings (SSSR count). The molecule has 4 atom stereocenters. The van der Waals surface area contributed by atoms with E-state index < -0.39 is 50.7 Å². The highest BCUT2D eigenvalue weighted by molar-refractivity contribution is 7.86. The number of carbonyl (C=O) groups is 1. The second kappa shape index (κ2) is 8.63. The van der Waals surface area contributed by atoms with E-state index in [1.807, 2.05) is 0 Å². The largest absolute Gasteiger partial charge is 0.353 e. The highest BCUT2D eigenvalue weighted by Gasteiger charge is 2.46. The molecule has 1 aromatic rings. The average molecular weight is 423 g/mol. The first-order valence-corrected chi connectivity index (χ1v) is 11.4. The number of hydrogen-bond acceptors (Lipinski definition) is 9. The molecule has 1 aromatic carbocycles. The average Bonchev–Trinajstić information content (AvgIpc) is 2.56. The van der Waals surface area contributed by atoms with E-state index in [-0.39, 0.29) is 6.61 Å². The van der Waals surface area contributed by atoms with Gasteiger partial charge in [0.15, 0.2) is 12.4 Å². The maximum Gasteiger partial charge on any atom is 0.264 e. The Hall–Kier alpha value is -1.57. The molecule has 4 unspecified atom stereocenters. The van der Waals surface area contributed by atoms with E-state index in [0.29, 0.717) is 5.56 Å². The van der Waals surface area contributed by atoms with Gasteiger partial charge in [0, 0.05) is 12.7 Å². The molecule has 1 aliphatic heterocycles. The molecule has 0 aliphatic carbocycles. The molecule has 1 saturated heterocycles. The maximum atomic E-state index is 12.4. The molecule has 152 valence electrons. The van der Waals surface area contributed by atoms with Gasteiger partial charge in [-0.1, -0.05) is 18.2 Å². The highest BCUT2D eigenvalue weighted by atomic mass is 32.2. The summed E-state index contributed by atoms with van der Waals surface area (Å²) in [7, 11) is -6.78. The van der Waals surface area contributed by atoms with E-state index in [4.69, 9.17) is 17.8 Å². The minimum atomic E-state index is -4.01. The summed E-state index contributed by atoms with van der Waals surface area (Å²) in [5.74, 6) is -0.514. The molecule has 10 nitrogen and oxygen atoms in total. The molecule has 0 spiro atoms. The van der Waals surface area contributed by atoms with Crippen LogP contribution in [-0.2, 0) is 38.1 Å². The van der Waals surface area contributed by atoms with Crippen molar-refractivity contribution in [3.05, 3.63) is 35.9 Å². The Bertz CT molecular complexity index is 855. The van der Waals surface area contributed by atoms with Gasteiger partial charge in [-0.05, 0) is 12.1 Å². The molecule has 0 aromatic heterocycles. The smallest absolute Gasteiger partial charge is 0.264 e. The summed E-state index contributed by atoms with van der Waals surface area (Å²) < 4.78 is 66.9. The SMILES string of the molecule is COC1OCC(NC(=O)c2ccccc2)C(OS(C)(=O)=O)C1OS(C)(=O)=O. The third-order valence-electron chi connectivity index (χ3n) is 3.59. The van der Waals surface area contributed by atoms with Crippen LogP contribution in [0.3, 0.4) is 0 Å². The number of carbonyl (C=O) groups excluding carboxylic acids is 1. The van der Waals surface area contributed by atoms with Gasteiger partial charge in [0.25, 0.3) is 26.1 Å². The quantitative estimate of drug-likeness (QED) is 0.575. The van der Waals surface area contributed by atoms with Crippen molar-refractivity contribution in [2.24, 2.45) is 0 Å². The monoisotopic (exact) mass is 423 g/mol. The predicted octanol–water partition coefficient (Wildman–Crippen LogP) is -0.523. The summed E-state index contributed by atoms with van der Waals surface area (Å²) in [5.41, 5.74) is 0.324.